The molecule has 0 aromatic heterocycles. The van der Waals surface area contributed by atoms with E-state index in [2.05, 4.69) is 0 Å². The number of hydrogen-bond acceptors (Lipinski definition) is 3. The lowest BCUT2D eigenvalue weighted by atomic mass is 9.91. The third-order valence-electron chi connectivity index (χ3n) is 4.06. The molecule has 0 amide bonds. The van der Waals surface area contributed by atoms with Gasteiger partial charge in [0.2, 0.25) is 0 Å². The predicted molar refractivity (Wildman–Crippen MR) is 72.3 cm³/mol. The molecule has 3 rings (SSSR count). The Hall–Kier alpha value is -1.35. The van der Waals surface area contributed by atoms with E-state index >= 15 is 0 Å². The summed E-state index contributed by atoms with van der Waals surface area (Å²) < 4.78 is 0. The Bertz CT molecular complexity index is 461. The lowest BCUT2D eigenvalue weighted by molar-refractivity contribution is -0.250. The van der Waals surface area contributed by atoms with Gasteiger partial charge in [-0.1, -0.05) is 19.3 Å². The third-order valence-corrected chi connectivity index (χ3v) is 4.06. The van der Waals surface area contributed by atoms with Gasteiger partial charge < -0.3 is 4.89 Å². The highest BCUT2D eigenvalue weighted by atomic mass is 17.2. The summed E-state index contributed by atoms with van der Waals surface area (Å²) in [6.07, 6.45) is 8.74. The Labute approximate surface area is 113 Å². The molecule has 1 fully saturated rings. The van der Waals surface area contributed by atoms with Crippen LogP contribution in [0.4, 0.5) is 0 Å². The van der Waals surface area contributed by atoms with Gasteiger partial charge >= 0.3 is 0 Å². The van der Waals surface area contributed by atoms with E-state index < -0.39 is 0 Å². The Morgan fingerprint density at radius 3 is 2.68 bits per heavy atom. The van der Waals surface area contributed by atoms with Crippen molar-refractivity contribution < 1.29 is 14.6 Å². The molecular weight excluding hydrogens is 240 g/mol. The molecule has 0 bridgehead atoms. The third kappa shape index (κ3) is 2.98. The monoisotopic (exact) mass is 260 g/mol. The molecule has 0 unspecified atom stereocenters. The maximum Gasteiger partial charge on any atom is 0.165 e. The van der Waals surface area contributed by atoms with Gasteiger partial charge in [-0.05, 0) is 49.4 Å². The highest BCUT2D eigenvalue weighted by molar-refractivity contribution is 5.98. The summed E-state index contributed by atoms with van der Waals surface area (Å²) in [6.45, 7) is 0. The topological polar surface area (TPSA) is 35.5 Å². The minimum absolute atomic E-state index is 0.228. The number of hydrogen-bond donors (Lipinski definition) is 0. The summed E-state index contributed by atoms with van der Waals surface area (Å²) in [5, 5.41) is 0. The smallest absolute Gasteiger partial charge is 0.165 e. The van der Waals surface area contributed by atoms with Crippen molar-refractivity contribution in [1.82, 2.24) is 0 Å². The zero-order chi connectivity index (χ0) is 13.1. The molecule has 1 aromatic carbocycles. The van der Waals surface area contributed by atoms with E-state index in [9.17, 15) is 4.79 Å². The standard InChI is InChI=1S/C16H20O3/c17-16-8-4-5-12-11-14(9-10-15(12)16)19-18-13-6-2-1-3-7-13/h9-11,13H,1-8H2. The number of carbonyl (C=O) groups is 1. The van der Waals surface area contributed by atoms with Gasteiger partial charge in [0.15, 0.2) is 11.5 Å². The van der Waals surface area contributed by atoms with Crippen LogP contribution in [0.5, 0.6) is 5.75 Å². The summed E-state index contributed by atoms with van der Waals surface area (Å²) in [4.78, 5) is 22.7. The molecular formula is C16H20O3. The van der Waals surface area contributed by atoms with Crippen LogP contribution in [0.1, 0.15) is 60.9 Å². The summed E-state index contributed by atoms with van der Waals surface area (Å²) in [6, 6.07) is 5.66. The zero-order valence-corrected chi connectivity index (χ0v) is 11.2. The number of aryl methyl sites for hydroxylation is 1. The first-order valence-electron chi connectivity index (χ1n) is 7.32. The summed E-state index contributed by atoms with van der Waals surface area (Å²) in [5.74, 6) is 0.972. The van der Waals surface area contributed by atoms with Crippen molar-refractivity contribution in [1.29, 1.82) is 0 Å². The minimum atomic E-state index is 0.228. The van der Waals surface area contributed by atoms with E-state index in [0.29, 0.717) is 6.42 Å². The average Bonchev–Trinajstić information content (AvgIpc) is 2.46. The van der Waals surface area contributed by atoms with E-state index in [1.165, 1.54) is 19.3 Å². The first-order valence-corrected chi connectivity index (χ1v) is 7.32. The van der Waals surface area contributed by atoms with Crippen LogP contribution in [0.2, 0.25) is 0 Å². The lowest BCUT2D eigenvalue weighted by Crippen LogP contribution is -2.18. The van der Waals surface area contributed by atoms with Gasteiger partial charge in [0.05, 0.1) is 0 Å². The number of carbonyl (C=O) groups excluding carboxylic acids is 1. The second-order valence-electron chi connectivity index (χ2n) is 5.54. The van der Waals surface area contributed by atoms with E-state index in [4.69, 9.17) is 9.78 Å². The average molecular weight is 260 g/mol. The van der Waals surface area contributed by atoms with Crippen LogP contribution in [-0.4, -0.2) is 11.9 Å². The molecule has 2 aliphatic carbocycles. The van der Waals surface area contributed by atoms with Crippen molar-refractivity contribution in [3.8, 4) is 5.75 Å². The van der Waals surface area contributed by atoms with Gasteiger partial charge in [-0.25, -0.2) is 0 Å². The van der Waals surface area contributed by atoms with Gasteiger partial charge in [0, 0.05) is 12.0 Å². The summed E-state index contributed by atoms with van der Waals surface area (Å²) >= 11 is 0. The molecule has 0 radical (unpaired) electrons. The van der Waals surface area contributed by atoms with Crippen LogP contribution in [0, 0.1) is 0 Å². The van der Waals surface area contributed by atoms with Crippen molar-refractivity contribution in [2.75, 3.05) is 0 Å². The molecule has 2 aliphatic rings. The van der Waals surface area contributed by atoms with Crippen molar-refractivity contribution in [2.24, 2.45) is 0 Å². The molecule has 0 aliphatic heterocycles. The second-order valence-corrected chi connectivity index (χ2v) is 5.54. The first-order chi connectivity index (χ1) is 9.33. The molecule has 0 N–H and O–H groups in total. The van der Waals surface area contributed by atoms with E-state index in [-0.39, 0.29) is 11.9 Å². The molecule has 0 saturated heterocycles. The fourth-order valence-corrected chi connectivity index (χ4v) is 2.96. The Kier molecular flexibility index (Phi) is 3.83. The number of ketones is 1. The molecule has 1 aromatic rings. The number of benzene rings is 1. The quantitative estimate of drug-likeness (QED) is 0.611. The van der Waals surface area contributed by atoms with Crippen LogP contribution in [0.15, 0.2) is 18.2 Å². The van der Waals surface area contributed by atoms with Gasteiger partial charge in [-0.3, -0.25) is 4.79 Å². The molecule has 1 saturated carbocycles. The summed E-state index contributed by atoms with van der Waals surface area (Å²) in [7, 11) is 0. The number of fused-ring (bicyclic) bond motifs is 1. The van der Waals surface area contributed by atoms with Gasteiger partial charge in [-0.15, -0.1) is 0 Å². The van der Waals surface area contributed by atoms with Crippen LogP contribution in [0.3, 0.4) is 0 Å². The second kappa shape index (κ2) is 5.74. The zero-order valence-electron chi connectivity index (χ0n) is 11.2. The van der Waals surface area contributed by atoms with E-state index in [0.717, 1.165) is 42.6 Å². The Morgan fingerprint density at radius 1 is 1.00 bits per heavy atom. The van der Waals surface area contributed by atoms with Crippen LogP contribution >= 0.6 is 0 Å². The van der Waals surface area contributed by atoms with E-state index in [1.54, 1.807) is 0 Å². The fourth-order valence-electron chi connectivity index (χ4n) is 2.96. The van der Waals surface area contributed by atoms with Crippen molar-refractivity contribution in [3.05, 3.63) is 29.3 Å². The molecule has 3 nitrogen and oxygen atoms in total. The Balaban J connectivity index is 1.63. The maximum atomic E-state index is 11.7. The van der Waals surface area contributed by atoms with Crippen molar-refractivity contribution >= 4 is 5.78 Å². The first kappa shape index (κ1) is 12.7. The van der Waals surface area contributed by atoms with E-state index in [1.807, 2.05) is 18.2 Å². The normalized spacial score (nSPS) is 20.1. The largest absolute Gasteiger partial charge is 0.337 e. The van der Waals surface area contributed by atoms with Crippen LogP contribution < -0.4 is 4.89 Å². The highest BCUT2D eigenvalue weighted by Crippen LogP contribution is 2.27. The molecule has 0 heterocycles. The fraction of sp³-hybridized carbons (Fsp3) is 0.562. The predicted octanol–water partition coefficient (Wildman–Crippen LogP) is 3.85. The summed E-state index contributed by atoms with van der Waals surface area (Å²) in [5.41, 5.74) is 1.96. The van der Waals surface area contributed by atoms with Gasteiger partial charge in [0.1, 0.15) is 6.10 Å². The molecule has 3 heteroatoms. The molecule has 0 atom stereocenters. The highest BCUT2D eigenvalue weighted by Gasteiger charge is 2.19. The Morgan fingerprint density at radius 2 is 1.84 bits per heavy atom. The lowest BCUT2D eigenvalue weighted by Gasteiger charge is -2.21. The molecule has 102 valence electrons. The number of Topliss-reactive ketones (excluding diaryl/α,β-unsaturated/α-hetero) is 1. The number of rotatable bonds is 3. The van der Waals surface area contributed by atoms with Gasteiger partial charge in [0.25, 0.3) is 0 Å². The molecule has 19 heavy (non-hydrogen) atoms. The van der Waals surface area contributed by atoms with Crippen LogP contribution in [0.25, 0.3) is 0 Å². The van der Waals surface area contributed by atoms with Crippen molar-refractivity contribution in [3.63, 3.8) is 0 Å². The SMILES string of the molecule is O=C1CCCc2cc(OOC3CCCCC3)ccc21. The van der Waals surface area contributed by atoms with Crippen molar-refractivity contribution in [2.45, 2.75) is 57.5 Å². The minimum Gasteiger partial charge on any atom is -0.337 e. The van der Waals surface area contributed by atoms with Crippen LogP contribution in [-0.2, 0) is 11.3 Å². The maximum absolute atomic E-state index is 11.7. The van der Waals surface area contributed by atoms with Gasteiger partial charge in [-0.2, -0.15) is 4.89 Å². The molecule has 0 spiro atoms.